The van der Waals surface area contributed by atoms with E-state index in [9.17, 15) is 4.79 Å². The first kappa shape index (κ1) is 16.2. The lowest BCUT2D eigenvalue weighted by molar-refractivity contribution is 0.133. The van der Waals surface area contributed by atoms with Crippen molar-refractivity contribution in [1.29, 1.82) is 0 Å². The number of piperazine rings is 1. The predicted molar refractivity (Wildman–Crippen MR) is 98.3 cm³/mol. The molecule has 0 saturated carbocycles. The smallest absolute Gasteiger partial charge is 0.298 e. The van der Waals surface area contributed by atoms with Crippen LogP contribution in [-0.2, 0) is 0 Å². The Labute approximate surface area is 155 Å². The molecule has 10 nitrogen and oxygen atoms in total. The SMILES string of the molecule is O=c1c(-n2ccnn2)c[nH]n1-c1cc(N2CCN3CCCCC3C2)ncn1. The van der Waals surface area contributed by atoms with E-state index >= 15 is 0 Å². The summed E-state index contributed by atoms with van der Waals surface area (Å²) in [7, 11) is 0. The Morgan fingerprint density at radius 1 is 1.11 bits per heavy atom. The molecule has 1 N–H and O–H groups in total. The molecule has 2 aliphatic rings. The zero-order valence-corrected chi connectivity index (χ0v) is 14.9. The van der Waals surface area contributed by atoms with Gasteiger partial charge in [0.05, 0.1) is 18.6 Å². The van der Waals surface area contributed by atoms with Gasteiger partial charge >= 0.3 is 0 Å². The molecule has 1 unspecified atom stereocenters. The highest BCUT2D eigenvalue weighted by molar-refractivity contribution is 5.44. The zero-order valence-electron chi connectivity index (χ0n) is 14.9. The third-order valence-electron chi connectivity index (χ3n) is 5.45. The number of H-pyrrole nitrogens is 1. The number of hydrogen-bond acceptors (Lipinski definition) is 7. The van der Waals surface area contributed by atoms with Gasteiger partial charge in [-0.2, -0.15) is 4.68 Å². The lowest BCUT2D eigenvalue weighted by atomic mass is 9.99. The van der Waals surface area contributed by atoms with Gasteiger partial charge in [-0.3, -0.25) is 14.8 Å². The summed E-state index contributed by atoms with van der Waals surface area (Å²) in [6, 6.07) is 2.46. The van der Waals surface area contributed by atoms with Crippen LogP contribution in [0.1, 0.15) is 19.3 Å². The average Bonchev–Trinajstić information content (AvgIpc) is 3.37. The highest BCUT2D eigenvalue weighted by Crippen LogP contribution is 2.24. The van der Waals surface area contributed by atoms with Crippen molar-refractivity contribution in [3.8, 4) is 11.5 Å². The van der Waals surface area contributed by atoms with E-state index in [1.165, 1.54) is 47.7 Å². The van der Waals surface area contributed by atoms with Crippen molar-refractivity contribution in [3.63, 3.8) is 0 Å². The molecule has 0 amide bonds. The van der Waals surface area contributed by atoms with Gasteiger partial charge in [0.15, 0.2) is 11.5 Å². The maximum absolute atomic E-state index is 12.7. The van der Waals surface area contributed by atoms with Gasteiger partial charge in [0.25, 0.3) is 5.56 Å². The minimum atomic E-state index is -0.234. The highest BCUT2D eigenvalue weighted by Gasteiger charge is 2.29. The second-order valence-electron chi connectivity index (χ2n) is 7.01. The molecule has 0 bridgehead atoms. The summed E-state index contributed by atoms with van der Waals surface area (Å²) in [5.74, 6) is 1.37. The molecule has 2 saturated heterocycles. The Bertz CT molecular complexity index is 976. The molecule has 2 aliphatic heterocycles. The molecule has 0 spiro atoms. The summed E-state index contributed by atoms with van der Waals surface area (Å²) >= 11 is 0. The molecule has 5 heterocycles. The number of nitrogens with one attached hydrogen (secondary N) is 1. The van der Waals surface area contributed by atoms with Crippen LogP contribution < -0.4 is 10.5 Å². The monoisotopic (exact) mass is 367 g/mol. The van der Waals surface area contributed by atoms with Crippen LogP contribution in [0.3, 0.4) is 0 Å². The largest absolute Gasteiger partial charge is 0.354 e. The fourth-order valence-corrected chi connectivity index (χ4v) is 4.03. The summed E-state index contributed by atoms with van der Waals surface area (Å²) in [6.45, 7) is 4.18. The van der Waals surface area contributed by atoms with Gasteiger partial charge in [-0.05, 0) is 19.4 Å². The lowest BCUT2D eigenvalue weighted by Crippen LogP contribution is -2.55. The number of hydrogen-bond donors (Lipinski definition) is 1. The van der Waals surface area contributed by atoms with Gasteiger partial charge in [-0.1, -0.05) is 11.6 Å². The maximum atomic E-state index is 12.7. The normalized spacial score (nSPS) is 20.6. The quantitative estimate of drug-likeness (QED) is 0.706. The molecule has 3 aromatic rings. The van der Waals surface area contributed by atoms with Gasteiger partial charge in [0.1, 0.15) is 12.1 Å². The number of piperidine rings is 1. The highest BCUT2D eigenvalue weighted by atomic mass is 16.1. The molecular weight excluding hydrogens is 346 g/mol. The Morgan fingerprint density at radius 3 is 2.93 bits per heavy atom. The Morgan fingerprint density at radius 2 is 2.04 bits per heavy atom. The van der Waals surface area contributed by atoms with Gasteiger partial charge < -0.3 is 4.90 Å². The molecular formula is C17H21N9O. The Hall–Kier alpha value is -3.01. The van der Waals surface area contributed by atoms with E-state index in [1.807, 2.05) is 6.07 Å². The Kier molecular flexibility index (Phi) is 3.97. The maximum Gasteiger partial charge on any atom is 0.298 e. The van der Waals surface area contributed by atoms with Gasteiger partial charge in [0.2, 0.25) is 0 Å². The summed E-state index contributed by atoms with van der Waals surface area (Å²) in [5, 5.41) is 10.6. The van der Waals surface area contributed by atoms with Crippen LogP contribution in [0.4, 0.5) is 5.82 Å². The second-order valence-corrected chi connectivity index (χ2v) is 7.01. The molecule has 10 heteroatoms. The molecule has 0 radical (unpaired) electrons. The van der Waals surface area contributed by atoms with Crippen LogP contribution in [-0.4, -0.2) is 71.9 Å². The third kappa shape index (κ3) is 2.91. The van der Waals surface area contributed by atoms with Crippen LogP contribution in [0.15, 0.2) is 35.8 Å². The zero-order chi connectivity index (χ0) is 18.2. The number of rotatable bonds is 3. The first-order chi connectivity index (χ1) is 13.3. The van der Waals surface area contributed by atoms with E-state index in [0.29, 0.717) is 17.5 Å². The fraction of sp³-hybridized carbons (Fsp3) is 0.471. The van der Waals surface area contributed by atoms with E-state index in [4.69, 9.17) is 0 Å². The van der Waals surface area contributed by atoms with E-state index < -0.39 is 0 Å². The third-order valence-corrected chi connectivity index (χ3v) is 5.45. The number of nitrogens with zero attached hydrogens (tertiary/aromatic N) is 8. The fourth-order valence-electron chi connectivity index (χ4n) is 4.03. The van der Waals surface area contributed by atoms with Crippen molar-refractivity contribution < 1.29 is 0 Å². The minimum Gasteiger partial charge on any atom is -0.354 e. The molecule has 5 rings (SSSR count). The van der Waals surface area contributed by atoms with E-state index in [-0.39, 0.29) is 5.56 Å². The van der Waals surface area contributed by atoms with Crippen molar-refractivity contribution >= 4 is 5.82 Å². The number of aromatic amines is 1. The van der Waals surface area contributed by atoms with Crippen molar-refractivity contribution in [3.05, 3.63) is 41.3 Å². The van der Waals surface area contributed by atoms with Crippen LogP contribution >= 0.6 is 0 Å². The van der Waals surface area contributed by atoms with Gasteiger partial charge in [-0.25, -0.2) is 14.6 Å². The number of aromatic nitrogens is 7. The van der Waals surface area contributed by atoms with Crippen molar-refractivity contribution in [2.45, 2.75) is 25.3 Å². The topological polar surface area (TPSA) is 101 Å². The molecule has 2 fully saturated rings. The first-order valence-electron chi connectivity index (χ1n) is 9.28. The van der Waals surface area contributed by atoms with E-state index in [1.54, 1.807) is 12.4 Å². The summed E-state index contributed by atoms with van der Waals surface area (Å²) in [6.07, 6.45) is 10.1. The van der Waals surface area contributed by atoms with E-state index in [0.717, 1.165) is 25.5 Å². The van der Waals surface area contributed by atoms with Crippen molar-refractivity contribution in [2.24, 2.45) is 0 Å². The Balaban J connectivity index is 1.42. The summed E-state index contributed by atoms with van der Waals surface area (Å²) in [5.41, 5.74) is 0.158. The van der Waals surface area contributed by atoms with Crippen molar-refractivity contribution in [1.82, 2.24) is 39.6 Å². The van der Waals surface area contributed by atoms with Crippen LogP contribution in [0, 0.1) is 0 Å². The lowest BCUT2D eigenvalue weighted by Gasteiger charge is -2.44. The van der Waals surface area contributed by atoms with Crippen LogP contribution in [0.25, 0.3) is 11.5 Å². The van der Waals surface area contributed by atoms with Crippen molar-refractivity contribution in [2.75, 3.05) is 31.1 Å². The average molecular weight is 367 g/mol. The molecule has 0 aliphatic carbocycles. The van der Waals surface area contributed by atoms with Crippen LogP contribution in [0.5, 0.6) is 0 Å². The predicted octanol–water partition coefficient (Wildman–Crippen LogP) is 0.211. The summed E-state index contributed by atoms with van der Waals surface area (Å²) in [4.78, 5) is 26.3. The molecule has 1 atom stereocenters. The molecule has 140 valence electrons. The van der Waals surface area contributed by atoms with Crippen LogP contribution in [0.2, 0.25) is 0 Å². The number of anilines is 1. The molecule has 0 aromatic carbocycles. The number of fused-ring (bicyclic) bond motifs is 1. The van der Waals surface area contributed by atoms with Gasteiger partial charge in [-0.15, -0.1) is 5.10 Å². The molecule has 27 heavy (non-hydrogen) atoms. The van der Waals surface area contributed by atoms with E-state index in [2.05, 4.69) is 35.2 Å². The molecule has 3 aromatic heterocycles. The van der Waals surface area contributed by atoms with Gasteiger partial charge in [0, 0.05) is 31.7 Å². The standard InChI is InChI=1S/C17H21N9O/c27-17-14(25-6-4-20-22-25)10-21-26(17)16-9-15(18-12-19-16)24-8-7-23-5-2-1-3-13(23)11-24/h4,6,9-10,12-13,21H,1-3,5,7-8,11H2. The first-order valence-corrected chi connectivity index (χ1v) is 9.28. The summed E-state index contributed by atoms with van der Waals surface area (Å²) < 4.78 is 2.83. The second kappa shape index (κ2) is 6.62. The minimum absolute atomic E-state index is 0.234.